The average Bonchev–Trinajstić information content (AvgIpc) is 3.00. The summed E-state index contributed by atoms with van der Waals surface area (Å²) in [5, 5.41) is 14.3. The number of para-hydroxylation sites is 2. The van der Waals surface area contributed by atoms with Crippen LogP contribution in [0.2, 0.25) is 5.02 Å². The Bertz CT molecular complexity index is 890. The number of phenolic OH excluding ortho intramolecular Hbond substituents is 1. The van der Waals surface area contributed by atoms with Gasteiger partial charge in [-0.1, -0.05) is 56.3 Å². The van der Waals surface area contributed by atoms with Crippen molar-refractivity contribution in [3.05, 3.63) is 53.1 Å². The molecule has 0 fully saturated rings. The van der Waals surface area contributed by atoms with Crippen molar-refractivity contribution < 1.29 is 5.11 Å². The first-order chi connectivity index (χ1) is 13.1. The minimum Gasteiger partial charge on any atom is -0.508 e. The van der Waals surface area contributed by atoms with Crippen LogP contribution in [0.15, 0.2) is 42.5 Å². The maximum Gasteiger partial charge on any atom is 0.204 e. The summed E-state index contributed by atoms with van der Waals surface area (Å²) in [4.78, 5) is 4.78. The third-order valence-corrected chi connectivity index (χ3v) is 5.18. The number of aromatic hydroxyl groups is 1. The smallest absolute Gasteiger partial charge is 0.204 e. The molecule has 27 heavy (non-hydrogen) atoms. The molecule has 5 heteroatoms. The number of aryl methyl sites for hydroxylation is 1. The monoisotopic (exact) mass is 385 g/mol. The molecule has 4 nitrogen and oxygen atoms in total. The number of benzene rings is 2. The van der Waals surface area contributed by atoms with Gasteiger partial charge >= 0.3 is 0 Å². The highest BCUT2D eigenvalue weighted by Gasteiger charge is 2.16. The molecule has 0 spiro atoms. The SMILES string of the molecule is CCCCCCCn1c(NC(C)c2cc(Cl)ccc2O)nc2ccccc21. The number of imidazole rings is 1. The number of aromatic nitrogens is 2. The lowest BCUT2D eigenvalue weighted by atomic mass is 10.1. The number of unbranched alkanes of at least 4 members (excludes halogenated alkanes) is 4. The predicted molar refractivity (Wildman–Crippen MR) is 114 cm³/mol. The third-order valence-electron chi connectivity index (χ3n) is 4.94. The number of anilines is 1. The molecule has 0 aliphatic heterocycles. The van der Waals surface area contributed by atoms with Gasteiger partial charge in [-0.15, -0.1) is 0 Å². The summed E-state index contributed by atoms with van der Waals surface area (Å²) in [6, 6.07) is 13.2. The van der Waals surface area contributed by atoms with E-state index in [4.69, 9.17) is 16.6 Å². The molecule has 0 aliphatic carbocycles. The van der Waals surface area contributed by atoms with E-state index in [1.807, 2.05) is 25.1 Å². The van der Waals surface area contributed by atoms with E-state index in [0.717, 1.165) is 35.5 Å². The Morgan fingerprint density at radius 3 is 2.70 bits per heavy atom. The third kappa shape index (κ3) is 4.75. The summed E-state index contributed by atoms with van der Waals surface area (Å²) < 4.78 is 2.25. The van der Waals surface area contributed by atoms with Crippen molar-refractivity contribution in [3.8, 4) is 5.75 Å². The van der Waals surface area contributed by atoms with E-state index in [1.165, 1.54) is 25.7 Å². The van der Waals surface area contributed by atoms with Crippen LogP contribution in [0.1, 0.15) is 57.6 Å². The maximum atomic E-state index is 10.2. The number of hydrogen-bond donors (Lipinski definition) is 2. The van der Waals surface area contributed by atoms with Gasteiger partial charge in [0.1, 0.15) is 5.75 Å². The molecule has 1 atom stereocenters. The van der Waals surface area contributed by atoms with Crippen LogP contribution in [0.3, 0.4) is 0 Å². The molecule has 3 rings (SSSR count). The van der Waals surface area contributed by atoms with Gasteiger partial charge in [-0.2, -0.15) is 0 Å². The van der Waals surface area contributed by atoms with Crippen molar-refractivity contribution in [2.24, 2.45) is 0 Å². The topological polar surface area (TPSA) is 50.1 Å². The summed E-state index contributed by atoms with van der Waals surface area (Å²) in [6.07, 6.45) is 6.18. The molecule has 2 aromatic carbocycles. The van der Waals surface area contributed by atoms with Crippen LogP contribution in [0.5, 0.6) is 5.75 Å². The first-order valence-corrected chi connectivity index (χ1v) is 10.2. The molecular formula is C22H28ClN3O. The maximum absolute atomic E-state index is 10.2. The molecular weight excluding hydrogens is 358 g/mol. The number of phenols is 1. The highest BCUT2D eigenvalue weighted by molar-refractivity contribution is 6.30. The fourth-order valence-electron chi connectivity index (χ4n) is 3.43. The summed E-state index contributed by atoms with van der Waals surface area (Å²) in [6.45, 7) is 5.18. The Morgan fingerprint density at radius 2 is 1.89 bits per heavy atom. The fourth-order valence-corrected chi connectivity index (χ4v) is 3.61. The highest BCUT2D eigenvalue weighted by atomic mass is 35.5. The van der Waals surface area contributed by atoms with Crippen LogP contribution in [0.4, 0.5) is 5.95 Å². The molecule has 1 unspecified atom stereocenters. The summed E-state index contributed by atoms with van der Waals surface area (Å²) >= 11 is 6.11. The second kappa shape index (κ2) is 9.14. The number of halogens is 1. The fraction of sp³-hybridized carbons (Fsp3) is 0.409. The van der Waals surface area contributed by atoms with Crippen LogP contribution in [0, 0.1) is 0 Å². The minimum atomic E-state index is -0.112. The molecule has 144 valence electrons. The zero-order valence-corrected chi connectivity index (χ0v) is 16.8. The van der Waals surface area contributed by atoms with E-state index in [9.17, 15) is 5.11 Å². The zero-order chi connectivity index (χ0) is 19.2. The van der Waals surface area contributed by atoms with Crippen molar-refractivity contribution in [1.82, 2.24) is 9.55 Å². The summed E-state index contributed by atoms with van der Waals surface area (Å²) in [7, 11) is 0. The molecule has 0 aliphatic rings. The molecule has 3 aromatic rings. The lowest BCUT2D eigenvalue weighted by Gasteiger charge is -2.18. The standard InChI is InChI=1S/C22H28ClN3O/c1-3-4-5-6-9-14-26-20-11-8-7-10-19(20)25-22(26)24-16(2)18-15-17(23)12-13-21(18)27/h7-8,10-13,15-16,27H,3-6,9,14H2,1-2H3,(H,24,25). The van der Waals surface area contributed by atoms with E-state index in [-0.39, 0.29) is 11.8 Å². The van der Waals surface area contributed by atoms with Gasteiger partial charge in [-0.25, -0.2) is 4.98 Å². The number of nitrogens with one attached hydrogen (secondary N) is 1. The predicted octanol–water partition coefficient (Wildman–Crippen LogP) is 6.54. The number of rotatable bonds is 9. The summed E-state index contributed by atoms with van der Waals surface area (Å²) in [5.41, 5.74) is 2.89. The summed E-state index contributed by atoms with van der Waals surface area (Å²) in [5.74, 6) is 1.07. The van der Waals surface area contributed by atoms with E-state index < -0.39 is 0 Å². The van der Waals surface area contributed by atoms with Crippen molar-refractivity contribution in [2.45, 2.75) is 58.5 Å². The molecule has 0 bridgehead atoms. The molecule has 1 heterocycles. The van der Waals surface area contributed by atoms with E-state index in [0.29, 0.717) is 5.02 Å². The van der Waals surface area contributed by atoms with Crippen LogP contribution in [0.25, 0.3) is 11.0 Å². The normalized spacial score (nSPS) is 12.4. The second-order valence-electron chi connectivity index (χ2n) is 7.06. The van der Waals surface area contributed by atoms with Gasteiger partial charge in [0.15, 0.2) is 0 Å². The quantitative estimate of drug-likeness (QED) is 0.411. The Kier molecular flexibility index (Phi) is 6.62. The minimum absolute atomic E-state index is 0.112. The van der Waals surface area contributed by atoms with Gasteiger partial charge in [-0.3, -0.25) is 0 Å². The van der Waals surface area contributed by atoms with E-state index >= 15 is 0 Å². The van der Waals surface area contributed by atoms with Crippen LogP contribution in [-0.4, -0.2) is 14.7 Å². The number of nitrogens with zero attached hydrogens (tertiary/aromatic N) is 2. The van der Waals surface area contributed by atoms with Crippen molar-refractivity contribution >= 4 is 28.6 Å². The number of hydrogen-bond acceptors (Lipinski definition) is 3. The second-order valence-corrected chi connectivity index (χ2v) is 7.50. The Hall–Kier alpha value is -2.20. The first kappa shape index (κ1) is 19.6. The first-order valence-electron chi connectivity index (χ1n) is 9.80. The Morgan fingerprint density at radius 1 is 1.11 bits per heavy atom. The van der Waals surface area contributed by atoms with Crippen LogP contribution >= 0.6 is 11.6 Å². The Labute approximate surface area is 166 Å². The van der Waals surface area contributed by atoms with E-state index in [1.54, 1.807) is 18.2 Å². The van der Waals surface area contributed by atoms with Crippen molar-refractivity contribution in [1.29, 1.82) is 0 Å². The van der Waals surface area contributed by atoms with Crippen LogP contribution in [-0.2, 0) is 6.54 Å². The van der Waals surface area contributed by atoms with Gasteiger partial charge in [0.2, 0.25) is 5.95 Å². The van der Waals surface area contributed by atoms with E-state index in [2.05, 4.69) is 22.9 Å². The molecule has 0 saturated heterocycles. The van der Waals surface area contributed by atoms with Gasteiger partial charge in [0, 0.05) is 17.1 Å². The van der Waals surface area contributed by atoms with Crippen molar-refractivity contribution in [3.63, 3.8) is 0 Å². The lowest BCUT2D eigenvalue weighted by molar-refractivity contribution is 0.465. The van der Waals surface area contributed by atoms with Gasteiger partial charge in [-0.05, 0) is 43.7 Å². The molecule has 0 saturated carbocycles. The molecule has 2 N–H and O–H groups in total. The van der Waals surface area contributed by atoms with Gasteiger partial charge in [0.25, 0.3) is 0 Å². The molecule has 1 aromatic heterocycles. The average molecular weight is 386 g/mol. The number of fused-ring (bicyclic) bond motifs is 1. The van der Waals surface area contributed by atoms with Crippen molar-refractivity contribution in [2.75, 3.05) is 5.32 Å². The van der Waals surface area contributed by atoms with Crippen LogP contribution < -0.4 is 5.32 Å². The van der Waals surface area contributed by atoms with Gasteiger partial charge in [0.05, 0.1) is 17.1 Å². The Balaban J connectivity index is 1.82. The molecule has 0 amide bonds. The zero-order valence-electron chi connectivity index (χ0n) is 16.1. The molecule has 0 radical (unpaired) electrons. The largest absolute Gasteiger partial charge is 0.508 e. The lowest BCUT2D eigenvalue weighted by Crippen LogP contribution is -2.12. The van der Waals surface area contributed by atoms with Gasteiger partial charge < -0.3 is 15.0 Å². The highest BCUT2D eigenvalue weighted by Crippen LogP contribution is 2.30.